The lowest BCUT2D eigenvalue weighted by Crippen LogP contribution is -2.18. The maximum absolute atomic E-state index is 6.18. The molecule has 0 atom stereocenters. The molecule has 5 heteroatoms. The molecule has 23 heavy (non-hydrogen) atoms. The first-order chi connectivity index (χ1) is 11.2. The van der Waals surface area contributed by atoms with E-state index in [1.54, 1.807) is 11.3 Å². The van der Waals surface area contributed by atoms with Gasteiger partial charge in [-0.05, 0) is 19.1 Å². The quantitative estimate of drug-likeness (QED) is 0.748. The summed E-state index contributed by atoms with van der Waals surface area (Å²) in [6.45, 7) is 5.04. The number of nitrogens with zero attached hydrogens (tertiary/aromatic N) is 3. The Morgan fingerprint density at radius 2 is 2.00 bits per heavy atom. The van der Waals surface area contributed by atoms with Crippen LogP contribution in [0, 0.1) is 6.92 Å². The largest absolute Gasteiger partial charge is 0.383 e. The van der Waals surface area contributed by atoms with Gasteiger partial charge >= 0.3 is 0 Å². The van der Waals surface area contributed by atoms with Crippen LogP contribution in [-0.4, -0.2) is 28.0 Å². The first-order valence-electron chi connectivity index (χ1n) is 7.69. The van der Waals surface area contributed by atoms with Gasteiger partial charge in [0.25, 0.3) is 0 Å². The lowest BCUT2D eigenvalue weighted by molar-refractivity contribution is 0.348. The van der Waals surface area contributed by atoms with Gasteiger partial charge in [0.2, 0.25) is 0 Å². The molecule has 0 fully saturated rings. The van der Waals surface area contributed by atoms with Gasteiger partial charge in [0.05, 0.1) is 5.39 Å². The fourth-order valence-corrected chi connectivity index (χ4v) is 3.93. The lowest BCUT2D eigenvalue weighted by atomic mass is 10.1. The van der Waals surface area contributed by atoms with Gasteiger partial charge in [-0.25, -0.2) is 9.97 Å². The van der Waals surface area contributed by atoms with Crippen molar-refractivity contribution in [3.8, 4) is 11.4 Å². The predicted molar refractivity (Wildman–Crippen MR) is 96.4 cm³/mol. The molecule has 0 aliphatic carbocycles. The number of benzene rings is 1. The summed E-state index contributed by atoms with van der Waals surface area (Å²) in [6, 6.07) is 10.3. The first-order valence-corrected chi connectivity index (χ1v) is 8.51. The van der Waals surface area contributed by atoms with E-state index in [0.29, 0.717) is 11.6 Å². The molecule has 1 aromatic carbocycles. The molecule has 2 N–H and O–H groups in total. The van der Waals surface area contributed by atoms with Crippen LogP contribution in [0.4, 0.5) is 5.82 Å². The van der Waals surface area contributed by atoms with Crippen molar-refractivity contribution in [3.05, 3.63) is 52.9 Å². The SMILES string of the molecule is Cc1cccc(-c2nc(N)c3cc(CN4CC=CC4)sc3n2)c1. The summed E-state index contributed by atoms with van der Waals surface area (Å²) in [6.07, 6.45) is 4.41. The highest BCUT2D eigenvalue weighted by molar-refractivity contribution is 7.18. The van der Waals surface area contributed by atoms with Crippen molar-refractivity contribution in [2.75, 3.05) is 18.8 Å². The van der Waals surface area contributed by atoms with E-state index in [1.807, 2.05) is 12.1 Å². The van der Waals surface area contributed by atoms with Crippen molar-refractivity contribution in [2.45, 2.75) is 13.5 Å². The van der Waals surface area contributed by atoms with Crippen LogP contribution < -0.4 is 5.73 Å². The molecular weight excluding hydrogens is 304 g/mol. The third-order valence-electron chi connectivity index (χ3n) is 4.02. The van der Waals surface area contributed by atoms with Crippen LogP contribution in [0.25, 0.3) is 21.6 Å². The van der Waals surface area contributed by atoms with Gasteiger partial charge in [-0.3, -0.25) is 4.90 Å². The fourth-order valence-electron chi connectivity index (χ4n) is 2.86. The van der Waals surface area contributed by atoms with Crippen LogP contribution in [0.1, 0.15) is 10.4 Å². The number of nitrogen functional groups attached to an aromatic ring is 1. The zero-order valence-corrected chi connectivity index (χ0v) is 13.8. The van der Waals surface area contributed by atoms with Crippen LogP contribution in [0.15, 0.2) is 42.5 Å². The Hall–Kier alpha value is -2.24. The molecule has 0 amide bonds. The normalized spacial score (nSPS) is 14.8. The number of fused-ring (bicyclic) bond motifs is 1. The van der Waals surface area contributed by atoms with Gasteiger partial charge in [0, 0.05) is 30.1 Å². The van der Waals surface area contributed by atoms with E-state index in [0.717, 1.165) is 35.4 Å². The second-order valence-corrected chi connectivity index (χ2v) is 7.01. The highest BCUT2D eigenvalue weighted by Crippen LogP contribution is 2.31. The number of nitrogens with two attached hydrogens (primary N) is 1. The molecule has 0 spiro atoms. The minimum atomic E-state index is 0.563. The second-order valence-electron chi connectivity index (χ2n) is 5.90. The van der Waals surface area contributed by atoms with Gasteiger partial charge in [-0.2, -0.15) is 0 Å². The lowest BCUT2D eigenvalue weighted by Gasteiger charge is -2.12. The molecule has 3 heterocycles. The number of hydrogen-bond donors (Lipinski definition) is 1. The van der Waals surface area contributed by atoms with Crippen molar-refractivity contribution >= 4 is 27.4 Å². The smallest absolute Gasteiger partial charge is 0.163 e. The van der Waals surface area contributed by atoms with E-state index in [2.05, 4.69) is 47.2 Å². The van der Waals surface area contributed by atoms with Crippen molar-refractivity contribution in [1.82, 2.24) is 14.9 Å². The number of aromatic nitrogens is 2. The van der Waals surface area contributed by atoms with Crippen LogP contribution in [0.5, 0.6) is 0 Å². The van der Waals surface area contributed by atoms with E-state index < -0.39 is 0 Å². The molecule has 0 saturated heterocycles. The fraction of sp³-hybridized carbons (Fsp3) is 0.222. The Balaban J connectivity index is 1.72. The molecule has 0 unspecified atom stereocenters. The van der Waals surface area contributed by atoms with Gasteiger partial charge in [-0.1, -0.05) is 35.9 Å². The minimum Gasteiger partial charge on any atom is -0.383 e. The van der Waals surface area contributed by atoms with E-state index >= 15 is 0 Å². The zero-order valence-electron chi connectivity index (χ0n) is 13.0. The molecule has 4 rings (SSSR count). The second kappa shape index (κ2) is 5.76. The summed E-state index contributed by atoms with van der Waals surface area (Å²) in [4.78, 5) is 13.9. The van der Waals surface area contributed by atoms with E-state index in [9.17, 15) is 0 Å². The van der Waals surface area contributed by atoms with Crippen molar-refractivity contribution in [1.29, 1.82) is 0 Å². The van der Waals surface area contributed by atoms with Gasteiger partial charge in [0.15, 0.2) is 5.82 Å². The Labute approximate surface area is 139 Å². The van der Waals surface area contributed by atoms with Crippen molar-refractivity contribution in [3.63, 3.8) is 0 Å². The van der Waals surface area contributed by atoms with E-state index in [4.69, 9.17) is 10.7 Å². The predicted octanol–water partition coefficient (Wildman–Crippen LogP) is 3.62. The Kier molecular flexibility index (Phi) is 3.59. The van der Waals surface area contributed by atoms with Crippen LogP contribution in [0.2, 0.25) is 0 Å². The average molecular weight is 322 g/mol. The third-order valence-corrected chi connectivity index (χ3v) is 5.04. The van der Waals surface area contributed by atoms with Crippen LogP contribution in [0.3, 0.4) is 0 Å². The Morgan fingerprint density at radius 1 is 1.17 bits per heavy atom. The Bertz CT molecular complexity index is 889. The van der Waals surface area contributed by atoms with Crippen LogP contribution in [-0.2, 0) is 6.54 Å². The third kappa shape index (κ3) is 2.85. The number of thiophene rings is 1. The number of rotatable bonds is 3. The Morgan fingerprint density at radius 3 is 2.78 bits per heavy atom. The maximum Gasteiger partial charge on any atom is 0.163 e. The zero-order chi connectivity index (χ0) is 15.8. The molecule has 2 aromatic heterocycles. The molecule has 1 aliphatic heterocycles. The summed E-state index contributed by atoms with van der Waals surface area (Å²) < 4.78 is 0. The summed E-state index contributed by atoms with van der Waals surface area (Å²) in [5, 5.41) is 0.966. The monoisotopic (exact) mass is 322 g/mol. The average Bonchev–Trinajstić information content (AvgIpc) is 3.17. The van der Waals surface area contributed by atoms with Crippen molar-refractivity contribution < 1.29 is 0 Å². The molecule has 116 valence electrons. The van der Waals surface area contributed by atoms with Gasteiger partial charge in [-0.15, -0.1) is 11.3 Å². The van der Waals surface area contributed by atoms with Gasteiger partial charge in [0.1, 0.15) is 10.6 Å². The first kappa shape index (κ1) is 14.4. The van der Waals surface area contributed by atoms with Gasteiger partial charge < -0.3 is 5.73 Å². The van der Waals surface area contributed by atoms with Crippen LogP contribution >= 0.6 is 11.3 Å². The molecule has 4 nitrogen and oxygen atoms in total. The summed E-state index contributed by atoms with van der Waals surface area (Å²) >= 11 is 1.71. The molecule has 3 aromatic rings. The standard InChI is InChI=1S/C18H18N4S/c1-12-5-4-6-13(9-12)17-20-16(19)15-10-14(23-18(15)21-17)11-22-7-2-3-8-22/h2-6,9-10H,7-8,11H2,1H3,(H2,19,20,21). The number of anilines is 1. The molecule has 0 saturated carbocycles. The topological polar surface area (TPSA) is 55.0 Å². The molecule has 0 radical (unpaired) electrons. The molecule has 0 bridgehead atoms. The summed E-state index contributed by atoms with van der Waals surface area (Å²) in [5.41, 5.74) is 8.39. The summed E-state index contributed by atoms with van der Waals surface area (Å²) in [7, 11) is 0. The summed E-state index contributed by atoms with van der Waals surface area (Å²) in [5.74, 6) is 1.27. The highest BCUT2D eigenvalue weighted by atomic mass is 32.1. The minimum absolute atomic E-state index is 0.563. The van der Waals surface area contributed by atoms with E-state index in [-0.39, 0.29) is 0 Å². The van der Waals surface area contributed by atoms with Crippen molar-refractivity contribution in [2.24, 2.45) is 0 Å². The number of aryl methyl sites for hydroxylation is 1. The molecule has 1 aliphatic rings. The van der Waals surface area contributed by atoms with E-state index in [1.165, 1.54) is 10.4 Å². The maximum atomic E-state index is 6.18. The molecular formula is C18H18N4S. The number of hydrogen-bond acceptors (Lipinski definition) is 5. The highest BCUT2D eigenvalue weighted by Gasteiger charge is 2.14.